The lowest BCUT2D eigenvalue weighted by atomic mass is 9.82. The van der Waals surface area contributed by atoms with Crippen molar-refractivity contribution in [2.75, 3.05) is 6.54 Å². The first kappa shape index (κ1) is 12.2. The van der Waals surface area contributed by atoms with Gasteiger partial charge in [0.05, 0.1) is 0 Å². The van der Waals surface area contributed by atoms with Crippen LogP contribution in [-0.2, 0) is 0 Å². The zero-order valence-corrected chi connectivity index (χ0v) is 11.9. The number of piperidine rings is 1. The molecule has 98 valence electrons. The molecule has 1 saturated heterocycles. The molecule has 0 aromatic heterocycles. The van der Waals surface area contributed by atoms with E-state index in [0.29, 0.717) is 11.5 Å². The normalized spacial score (nSPS) is 27.4. The Morgan fingerprint density at radius 3 is 2.28 bits per heavy atom. The molecule has 0 bridgehead atoms. The van der Waals surface area contributed by atoms with Crippen molar-refractivity contribution in [3.63, 3.8) is 0 Å². The first-order valence-corrected chi connectivity index (χ1v) is 7.32. The number of hydrogen-bond donors (Lipinski definition) is 0. The van der Waals surface area contributed by atoms with Crippen molar-refractivity contribution >= 4 is 0 Å². The molecule has 0 radical (unpaired) electrons. The van der Waals surface area contributed by atoms with Gasteiger partial charge in [0.25, 0.3) is 0 Å². The van der Waals surface area contributed by atoms with Gasteiger partial charge in [0.1, 0.15) is 0 Å². The second-order valence-corrected chi connectivity index (χ2v) is 7.24. The summed E-state index contributed by atoms with van der Waals surface area (Å²) in [6, 6.07) is 11.7. The van der Waals surface area contributed by atoms with E-state index in [-0.39, 0.29) is 5.54 Å². The molecule has 1 nitrogen and oxygen atoms in total. The Kier molecular flexibility index (Phi) is 2.78. The SMILES string of the molecule is CC(C)(C)N1CCC2(CC2)C[C@H]1c1ccccc1. The monoisotopic (exact) mass is 243 g/mol. The molecular formula is C17H25N. The number of rotatable bonds is 1. The quantitative estimate of drug-likeness (QED) is 0.706. The van der Waals surface area contributed by atoms with E-state index in [1.54, 1.807) is 0 Å². The minimum atomic E-state index is 0.275. The van der Waals surface area contributed by atoms with Crippen LogP contribution in [0, 0.1) is 5.41 Å². The Morgan fingerprint density at radius 2 is 1.72 bits per heavy atom. The van der Waals surface area contributed by atoms with E-state index in [2.05, 4.69) is 56.0 Å². The van der Waals surface area contributed by atoms with E-state index in [1.807, 2.05) is 0 Å². The summed E-state index contributed by atoms with van der Waals surface area (Å²) in [5.74, 6) is 0. The Balaban J connectivity index is 1.90. The maximum atomic E-state index is 2.71. The molecule has 2 fully saturated rings. The minimum Gasteiger partial charge on any atom is -0.291 e. The molecule has 2 aliphatic rings. The fraction of sp³-hybridized carbons (Fsp3) is 0.647. The molecule has 1 spiro atoms. The van der Waals surface area contributed by atoms with E-state index in [1.165, 1.54) is 37.8 Å². The highest BCUT2D eigenvalue weighted by atomic mass is 15.2. The molecule has 1 aromatic rings. The highest BCUT2D eigenvalue weighted by Crippen LogP contribution is 2.58. The van der Waals surface area contributed by atoms with Gasteiger partial charge >= 0.3 is 0 Å². The van der Waals surface area contributed by atoms with Crippen LogP contribution in [0.2, 0.25) is 0 Å². The van der Waals surface area contributed by atoms with E-state index in [4.69, 9.17) is 0 Å². The molecule has 18 heavy (non-hydrogen) atoms. The molecule has 1 aliphatic carbocycles. The molecule has 0 amide bonds. The van der Waals surface area contributed by atoms with Gasteiger partial charge in [0.15, 0.2) is 0 Å². The summed E-state index contributed by atoms with van der Waals surface area (Å²) in [6.07, 6.45) is 5.71. The van der Waals surface area contributed by atoms with Gasteiger partial charge < -0.3 is 0 Å². The topological polar surface area (TPSA) is 3.24 Å². The van der Waals surface area contributed by atoms with Crippen LogP contribution < -0.4 is 0 Å². The zero-order valence-electron chi connectivity index (χ0n) is 11.9. The van der Waals surface area contributed by atoms with E-state index in [0.717, 1.165) is 0 Å². The van der Waals surface area contributed by atoms with Gasteiger partial charge in [0.2, 0.25) is 0 Å². The summed E-state index contributed by atoms with van der Waals surface area (Å²) in [6.45, 7) is 8.33. The van der Waals surface area contributed by atoms with E-state index < -0.39 is 0 Å². The third kappa shape index (κ3) is 2.21. The summed E-state index contributed by atoms with van der Waals surface area (Å²) >= 11 is 0. The van der Waals surface area contributed by atoms with Gasteiger partial charge in [-0.2, -0.15) is 0 Å². The van der Waals surface area contributed by atoms with Crippen LogP contribution in [0.15, 0.2) is 30.3 Å². The third-order valence-electron chi connectivity index (χ3n) is 4.89. The van der Waals surface area contributed by atoms with Crippen LogP contribution in [0.1, 0.15) is 58.1 Å². The van der Waals surface area contributed by atoms with Gasteiger partial charge in [-0.05, 0) is 64.0 Å². The molecule has 1 aromatic carbocycles. The number of likely N-dealkylation sites (tertiary alicyclic amines) is 1. The number of hydrogen-bond acceptors (Lipinski definition) is 1. The fourth-order valence-electron chi connectivity index (χ4n) is 3.54. The Bertz CT molecular complexity index is 411. The predicted molar refractivity (Wildman–Crippen MR) is 76.5 cm³/mol. The highest BCUT2D eigenvalue weighted by molar-refractivity contribution is 5.22. The lowest BCUT2D eigenvalue weighted by Crippen LogP contribution is -2.48. The first-order valence-electron chi connectivity index (χ1n) is 7.32. The third-order valence-corrected chi connectivity index (χ3v) is 4.89. The van der Waals surface area contributed by atoms with Crippen molar-refractivity contribution < 1.29 is 0 Å². The van der Waals surface area contributed by atoms with Crippen molar-refractivity contribution in [1.29, 1.82) is 0 Å². The average Bonchev–Trinajstić information content (AvgIpc) is 3.08. The lowest BCUT2D eigenvalue weighted by Gasteiger charge is -2.47. The Labute approximate surface area is 111 Å². The van der Waals surface area contributed by atoms with Crippen molar-refractivity contribution in [2.45, 2.75) is 58.0 Å². The number of benzene rings is 1. The van der Waals surface area contributed by atoms with Gasteiger partial charge in [-0.1, -0.05) is 30.3 Å². The Morgan fingerprint density at radius 1 is 1.06 bits per heavy atom. The summed E-state index contributed by atoms with van der Waals surface area (Å²) in [5.41, 5.74) is 2.50. The molecule has 1 atom stereocenters. The smallest absolute Gasteiger partial charge is 0.0358 e. The molecule has 0 unspecified atom stereocenters. The molecule has 1 aliphatic heterocycles. The van der Waals surface area contributed by atoms with Gasteiger partial charge in [-0.3, -0.25) is 4.90 Å². The zero-order chi connectivity index (χ0) is 12.8. The maximum absolute atomic E-state index is 2.71. The predicted octanol–water partition coefficient (Wildman–Crippen LogP) is 4.40. The maximum Gasteiger partial charge on any atom is 0.0358 e. The first-order chi connectivity index (χ1) is 8.50. The fourth-order valence-corrected chi connectivity index (χ4v) is 3.54. The standard InChI is InChI=1S/C17H25N/c1-16(2,3)18-12-11-17(9-10-17)13-15(18)14-7-5-4-6-8-14/h4-8,15H,9-13H2,1-3H3/t15-/m0/s1. The lowest BCUT2D eigenvalue weighted by molar-refractivity contribution is 0.0224. The average molecular weight is 243 g/mol. The van der Waals surface area contributed by atoms with E-state index in [9.17, 15) is 0 Å². The summed E-state index contributed by atoms with van der Waals surface area (Å²) in [7, 11) is 0. The van der Waals surface area contributed by atoms with Crippen LogP contribution >= 0.6 is 0 Å². The molecule has 1 saturated carbocycles. The van der Waals surface area contributed by atoms with Crippen LogP contribution in [0.3, 0.4) is 0 Å². The van der Waals surface area contributed by atoms with Crippen LogP contribution in [0.25, 0.3) is 0 Å². The van der Waals surface area contributed by atoms with Crippen molar-refractivity contribution in [3.05, 3.63) is 35.9 Å². The summed E-state index contributed by atoms with van der Waals surface area (Å²) in [4.78, 5) is 2.71. The van der Waals surface area contributed by atoms with E-state index >= 15 is 0 Å². The molecule has 1 heterocycles. The highest BCUT2D eigenvalue weighted by Gasteiger charge is 2.49. The van der Waals surface area contributed by atoms with Gasteiger partial charge in [-0.25, -0.2) is 0 Å². The van der Waals surface area contributed by atoms with Crippen LogP contribution in [0.5, 0.6) is 0 Å². The second-order valence-electron chi connectivity index (χ2n) is 7.24. The molecule has 0 N–H and O–H groups in total. The van der Waals surface area contributed by atoms with Crippen molar-refractivity contribution in [3.8, 4) is 0 Å². The minimum absolute atomic E-state index is 0.275. The molecule has 1 heteroatoms. The van der Waals surface area contributed by atoms with Crippen molar-refractivity contribution in [2.24, 2.45) is 5.41 Å². The van der Waals surface area contributed by atoms with Crippen LogP contribution in [-0.4, -0.2) is 17.0 Å². The second kappa shape index (κ2) is 4.09. The summed E-state index contributed by atoms with van der Waals surface area (Å²) in [5, 5.41) is 0. The van der Waals surface area contributed by atoms with Gasteiger partial charge in [-0.15, -0.1) is 0 Å². The van der Waals surface area contributed by atoms with Crippen molar-refractivity contribution in [1.82, 2.24) is 4.90 Å². The molecule has 3 rings (SSSR count). The van der Waals surface area contributed by atoms with Gasteiger partial charge in [0, 0.05) is 11.6 Å². The van der Waals surface area contributed by atoms with Crippen LogP contribution in [0.4, 0.5) is 0 Å². The Hall–Kier alpha value is -0.820. The molecular weight excluding hydrogens is 218 g/mol. The largest absolute Gasteiger partial charge is 0.291 e. The number of nitrogens with zero attached hydrogens (tertiary/aromatic N) is 1. The summed E-state index contributed by atoms with van der Waals surface area (Å²) < 4.78 is 0.